The molecule has 9 nitrogen and oxygen atoms in total. The largest absolute Gasteiger partial charge is 0.439 e. The van der Waals surface area contributed by atoms with Crippen molar-refractivity contribution in [1.82, 2.24) is 24.8 Å². The van der Waals surface area contributed by atoms with Crippen molar-refractivity contribution in [1.29, 1.82) is 0 Å². The number of amides is 1. The van der Waals surface area contributed by atoms with Crippen molar-refractivity contribution >= 4 is 15.7 Å². The molecule has 33 heavy (non-hydrogen) atoms. The highest BCUT2D eigenvalue weighted by atomic mass is 32.2. The molecule has 1 aliphatic rings. The molecule has 1 aromatic carbocycles. The number of aromatic nitrogens is 4. The lowest BCUT2D eigenvalue weighted by Gasteiger charge is -2.28. The first kappa shape index (κ1) is 22.6. The second kappa shape index (κ2) is 8.10. The third-order valence-electron chi connectivity index (χ3n) is 4.84. The molecule has 4 rings (SSSR count). The summed E-state index contributed by atoms with van der Waals surface area (Å²) in [5.41, 5.74) is -0.553. The Hall–Kier alpha value is -3.55. The van der Waals surface area contributed by atoms with E-state index < -0.39 is 33.3 Å². The van der Waals surface area contributed by atoms with E-state index in [1.54, 1.807) is 0 Å². The Morgan fingerprint density at radius 2 is 2.00 bits per heavy atom. The molecule has 0 bridgehead atoms. The number of sulfone groups is 1. The number of ether oxygens (including phenoxy) is 1. The first-order chi connectivity index (χ1) is 15.4. The second-order valence-corrected chi connectivity index (χ2v) is 9.12. The SMILES string of the molecule is CS(=O)(=O)c1nc(C(=O)N2CCc3c(ncnc3Oc3ccc(C(F)(F)F)c(F)c3)C2)c[nH]1. The monoisotopic (exact) mass is 485 g/mol. The molecule has 1 N–H and O–H groups in total. The lowest BCUT2D eigenvalue weighted by atomic mass is 10.1. The van der Waals surface area contributed by atoms with Gasteiger partial charge in [-0.15, -0.1) is 0 Å². The summed E-state index contributed by atoms with van der Waals surface area (Å²) in [6.07, 6.45) is -1.29. The third-order valence-corrected chi connectivity index (χ3v) is 5.75. The standard InChI is InChI=1S/C19H15F4N5O4S/c1-33(30,31)18-24-7-14(27-18)17(29)28-5-4-11-15(8-28)25-9-26-16(11)32-10-2-3-12(13(20)6-10)19(21,22)23/h2-3,6-7,9H,4-5,8H2,1H3,(H,24,27). The first-order valence-corrected chi connectivity index (χ1v) is 11.2. The van der Waals surface area contributed by atoms with Gasteiger partial charge in [0, 0.05) is 30.6 Å². The van der Waals surface area contributed by atoms with Crippen molar-refractivity contribution < 1.29 is 35.5 Å². The van der Waals surface area contributed by atoms with Crippen LogP contribution in [0.4, 0.5) is 17.6 Å². The van der Waals surface area contributed by atoms with Gasteiger partial charge >= 0.3 is 6.18 Å². The van der Waals surface area contributed by atoms with E-state index >= 15 is 0 Å². The summed E-state index contributed by atoms with van der Waals surface area (Å²) in [5, 5.41) is -0.329. The third kappa shape index (κ3) is 4.65. The van der Waals surface area contributed by atoms with Crippen LogP contribution >= 0.6 is 0 Å². The van der Waals surface area contributed by atoms with Crippen molar-refractivity contribution in [3.05, 3.63) is 59.1 Å². The summed E-state index contributed by atoms with van der Waals surface area (Å²) in [6.45, 7) is 0.230. The van der Waals surface area contributed by atoms with Crippen LogP contribution < -0.4 is 4.74 Å². The zero-order chi connectivity index (χ0) is 24.0. The Labute approximate surface area is 184 Å². The van der Waals surface area contributed by atoms with Gasteiger partial charge in [0.2, 0.25) is 20.9 Å². The Morgan fingerprint density at radius 3 is 2.64 bits per heavy atom. The van der Waals surface area contributed by atoms with Gasteiger partial charge in [0.05, 0.1) is 17.8 Å². The number of hydrogen-bond acceptors (Lipinski definition) is 7. The molecule has 0 aliphatic carbocycles. The fourth-order valence-corrected chi connectivity index (χ4v) is 3.79. The number of nitrogens with one attached hydrogen (secondary N) is 1. The molecule has 3 heterocycles. The Morgan fingerprint density at radius 1 is 1.24 bits per heavy atom. The minimum absolute atomic E-state index is 0.0328. The number of fused-ring (bicyclic) bond motifs is 1. The van der Waals surface area contributed by atoms with Gasteiger partial charge in [0.15, 0.2) is 0 Å². The van der Waals surface area contributed by atoms with Crippen molar-refractivity contribution in [2.24, 2.45) is 0 Å². The molecular weight excluding hydrogens is 470 g/mol. The van der Waals surface area contributed by atoms with E-state index in [1.165, 1.54) is 11.1 Å². The molecule has 174 valence electrons. The van der Waals surface area contributed by atoms with Crippen LogP contribution in [-0.4, -0.2) is 52.0 Å². The highest BCUT2D eigenvalue weighted by Crippen LogP contribution is 2.35. The minimum Gasteiger partial charge on any atom is -0.439 e. The summed E-state index contributed by atoms with van der Waals surface area (Å²) in [7, 11) is -3.61. The zero-order valence-corrected chi connectivity index (χ0v) is 17.7. The molecule has 0 radical (unpaired) electrons. The molecule has 0 fully saturated rings. The van der Waals surface area contributed by atoms with Gasteiger partial charge in [-0.05, 0) is 18.6 Å². The maximum Gasteiger partial charge on any atom is 0.419 e. The topological polar surface area (TPSA) is 118 Å². The van der Waals surface area contributed by atoms with E-state index in [0.717, 1.165) is 18.6 Å². The molecule has 0 spiro atoms. The van der Waals surface area contributed by atoms with Gasteiger partial charge in [0.25, 0.3) is 5.91 Å². The number of hydrogen-bond donors (Lipinski definition) is 1. The van der Waals surface area contributed by atoms with Crippen LogP contribution in [0.5, 0.6) is 11.6 Å². The van der Waals surface area contributed by atoms with Gasteiger partial charge < -0.3 is 14.6 Å². The smallest absolute Gasteiger partial charge is 0.419 e. The Kier molecular flexibility index (Phi) is 5.56. The van der Waals surface area contributed by atoms with Crippen molar-refractivity contribution in [3.8, 4) is 11.6 Å². The number of H-pyrrole nitrogens is 1. The van der Waals surface area contributed by atoms with E-state index in [-0.39, 0.29) is 42.0 Å². The number of benzene rings is 1. The molecule has 3 aromatic rings. The van der Waals surface area contributed by atoms with Crippen LogP contribution in [-0.2, 0) is 29.0 Å². The van der Waals surface area contributed by atoms with Crippen LogP contribution in [0.1, 0.15) is 27.3 Å². The molecule has 0 saturated heterocycles. The number of nitrogens with zero attached hydrogens (tertiary/aromatic N) is 4. The lowest BCUT2D eigenvalue weighted by molar-refractivity contribution is -0.140. The van der Waals surface area contributed by atoms with Crippen molar-refractivity contribution in [2.45, 2.75) is 24.3 Å². The van der Waals surface area contributed by atoms with E-state index in [1.807, 2.05) is 0 Å². The predicted octanol–water partition coefficient (Wildman–Crippen LogP) is 2.75. The van der Waals surface area contributed by atoms with Crippen molar-refractivity contribution in [2.75, 3.05) is 12.8 Å². The molecular formula is C19H15F4N5O4S. The number of carbonyl (C=O) groups excluding carboxylic acids is 1. The van der Waals surface area contributed by atoms with E-state index in [9.17, 15) is 30.8 Å². The number of carbonyl (C=O) groups is 1. The highest BCUT2D eigenvalue weighted by Gasteiger charge is 2.34. The fourth-order valence-electron chi connectivity index (χ4n) is 3.25. The molecule has 0 atom stereocenters. The summed E-state index contributed by atoms with van der Waals surface area (Å²) in [4.78, 5) is 28.5. The minimum atomic E-state index is -4.83. The Bertz CT molecular complexity index is 1340. The number of alkyl halides is 3. The molecule has 1 aliphatic heterocycles. The number of rotatable bonds is 4. The predicted molar refractivity (Wildman–Crippen MR) is 104 cm³/mol. The van der Waals surface area contributed by atoms with Gasteiger partial charge in [-0.2, -0.15) is 13.2 Å². The average Bonchev–Trinajstić information content (AvgIpc) is 3.23. The maximum absolute atomic E-state index is 13.8. The van der Waals surface area contributed by atoms with Gasteiger partial charge in [-0.1, -0.05) is 0 Å². The fraction of sp³-hybridized carbons (Fsp3) is 0.263. The van der Waals surface area contributed by atoms with Gasteiger partial charge in [-0.25, -0.2) is 27.8 Å². The normalized spacial score (nSPS) is 14.2. The lowest BCUT2D eigenvalue weighted by Crippen LogP contribution is -2.37. The zero-order valence-electron chi connectivity index (χ0n) is 16.9. The van der Waals surface area contributed by atoms with Crippen LogP contribution in [0, 0.1) is 5.82 Å². The molecule has 0 saturated carbocycles. The van der Waals surface area contributed by atoms with E-state index in [0.29, 0.717) is 23.4 Å². The maximum atomic E-state index is 13.8. The Balaban J connectivity index is 1.53. The summed E-state index contributed by atoms with van der Waals surface area (Å²) in [5.74, 6) is -2.14. The first-order valence-electron chi connectivity index (χ1n) is 9.35. The van der Waals surface area contributed by atoms with E-state index in [4.69, 9.17) is 4.74 Å². The highest BCUT2D eigenvalue weighted by molar-refractivity contribution is 7.90. The number of imidazole rings is 1. The van der Waals surface area contributed by atoms with Crippen molar-refractivity contribution in [3.63, 3.8) is 0 Å². The second-order valence-electron chi connectivity index (χ2n) is 7.19. The number of aromatic amines is 1. The number of halogens is 4. The molecule has 1 amide bonds. The van der Waals surface area contributed by atoms with Crippen LogP contribution in [0.2, 0.25) is 0 Å². The molecule has 2 aromatic heterocycles. The summed E-state index contributed by atoms with van der Waals surface area (Å²) < 4.78 is 80.7. The average molecular weight is 485 g/mol. The van der Waals surface area contributed by atoms with Crippen LogP contribution in [0.15, 0.2) is 35.9 Å². The van der Waals surface area contributed by atoms with Crippen LogP contribution in [0.3, 0.4) is 0 Å². The summed E-state index contributed by atoms with van der Waals surface area (Å²) >= 11 is 0. The van der Waals surface area contributed by atoms with E-state index in [2.05, 4.69) is 19.9 Å². The van der Waals surface area contributed by atoms with Gasteiger partial charge in [-0.3, -0.25) is 4.79 Å². The van der Waals surface area contributed by atoms with Gasteiger partial charge in [0.1, 0.15) is 23.6 Å². The molecule has 0 unspecified atom stereocenters. The summed E-state index contributed by atoms with van der Waals surface area (Å²) in [6, 6.07) is 2.18. The quantitative estimate of drug-likeness (QED) is 0.565. The van der Waals surface area contributed by atoms with Crippen LogP contribution in [0.25, 0.3) is 0 Å². The molecule has 14 heteroatoms.